The molecule has 0 aliphatic rings. The molecule has 0 saturated carbocycles. The first-order valence-corrected chi connectivity index (χ1v) is 8.38. The van der Waals surface area contributed by atoms with Gasteiger partial charge in [0, 0.05) is 9.92 Å². The summed E-state index contributed by atoms with van der Waals surface area (Å²) in [5.41, 5.74) is 2.46. The first kappa shape index (κ1) is 18.2. The molecule has 0 bridgehead atoms. The molecule has 1 amide bonds. The predicted molar refractivity (Wildman–Crippen MR) is 95.4 cm³/mol. The Morgan fingerprint density at radius 2 is 1.92 bits per heavy atom. The minimum absolute atomic E-state index is 0.337. The summed E-state index contributed by atoms with van der Waals surface area (Å²) >= 11 is 7.20. The van der Waals surface area contributed by atoms with Crippen LogP contribution in [0.3, 0.4) is 0 Å². The molecule has 4 nitrogen and oxygen atoms in total. The average molecular weight is 362 g/mol. The highest BCUT2D eigenvalue weighted by Crippen LogP contribution is 2.36. The van der Waals surface area contributed by atoms with Gasteiger partial charge in [-0.2, -0.15) is 0 Å². The van der Waals surface area contributed by atoms with Gasteiger partial charge in [0.1, 0.15) is 17.6 Å². The Kier molecular flexibility index (Phi) is 7.01. The number of hydrogen-bond donors (Lipinski definition) is 2. The maximum absolute atomic E-state index is 12.0. The van der Waals surface area contributed by atoms with Crippen molar-refractivity contribution >= 4 is 29.3 Å². The second-order valence-electron chi connectivity index (χ2n) is 4.71. The van der Waals surface area contributed by atoms with Gasteiger partial charge >= 0.3 is 0 Å². The highest BCUT2D eigenvalue weighted by Gasteiger charge is 2.21. The zero-order chi connectivity index (χ0) is 17.4. The lowest BCUT2D eigenvalue weighted by Gasteiger charge is -2.15. The second kappa shape index (κ2) is 9.24. The van der Waals surface area contributed by atoms with E-state index in [0.29, 0.717) is 17.4 Å². The van der Waals surface area contributed by atoms with Crippen LogP contribution in [0, 0.1) is 11.8 Å². The molecule has 1 unspecified atom stereocenters. The van der Waals surface area contributed by atoms with Gasteiger partial charge in [0.2, 0.25) is 0 Å². The van der Waals surface area contributed by atoms with Gasteiger partial charge in [0.25, 0.3) is 5.91 Å². The average Bonchev–Trinajstić information content (AvgIpc) is 2.61. The van der Waals surface area contributed by atoms with Gasteiger partial charge < -0.3 is 4.74 Å². The van der Waals surface area contributed by atoms with Crippen molar-refractivity contribution in [2.45, 2.75) is 17.1 Å². The highest BCUT2D eigenvalue weighted by molar-refractivity contribution is 8.00. The molecule has 1 atom stereocenters. The van der Waals surface area contributed by atoms with Crippen molar-refractivity contribution < 1.29 is 14.7 Å². The molecule has 6 heteroatoms. The van der Waals surface area contributed by atoms with Crippen LogP contribution in [0.2, 0.25) is 5.02 Å². The fourth-order valence-corrected chi connectivity index (χ4v) is 3.06. The third-order valence-electron chi connectivity index (χ3n) is 3.09. The number of halogens is 1. The summed E-state index contributed by atoms with van der Waals surface area (Å²) in [7, 11) is 0. The van der Waals surface area contributed by atoms with Crippen molar-refractivity contribution in [3.05, 3.63) is 59.1 Å². The Labute approximate surface area is 150 Å². The van der Waals surface area contributed by atoms with E-state index in [4.69, 9.17) is 21.5 Å². The molecule has 0 aromatic heterocycles. The van der Waals surface area contributed by atoms with E-state index < -0.39 is 11.2 Å². The molecular formula is C18H16ClNO3S. The molecule has 124 valence electrons. The maximum Gasteiger partial charge on any atom is 0.261 e. The van der Waals surface area contributed by atoms with Crippen LogP contribution in [0.5, 0.6) is 5.75 Å². The molecule has 2 aromatic rings. The SMILES string of the molecule is CC#CCOc1ccc(SC(C(=O)NO)c2ccc(Cl)cc2)cc1. The highest BCUT2D eigenvalue weighted by atomic mass is 35.5. The molecule has 0 aliphatic carbocycles. The monoisotopic (exact) mass is 361 g/mol. The summed E-state index contributed by atoms with van der Waals surface area (Å²) in [6, 6.07) is 14.3. The number of hydroxylamine groups is 1. The standard InChI is InChI=1S/C18H16ClNO3S/c1-2-3-12-23-15-8-10-16(11-9-15)24-17(18(21)20-22)13-4-6-14(19)7-5-13/h4-11,17,22H,12H2,1H3,(H,20,21). The lowest BCUT2D eigenvalue weighted by atomic mass is 10.1. The molecule has 0 spiro atoms. The van der Waals surface area contributed by atoms with E-state index in [9.17, 15) is 4.79 Å². The van der Waals surface area contributed by atoms with Crippen LogP contribution >= 0.6 is 23.4 Å². The number of nitrogens with one attached hydrogen (secondary N) is 1. The third-order valence-corrected chi connectivity index (χ3v) is 4.60. The molecule has 2 rings (SSSR count). The molecule has 0 aliphatic heterocycles. The molecule has 2 aromatic carbocycles. The first-order valence-electron chi connectivity index (χ1n) is 7.12. The lowest BCUT2D eigenvalue weighted by molar-refractivity contribution is -0.128. The zero-order valence-corrected chi connectivity index (χ0v) is 14.5. The predicted octanol–water partition coefficient (Wildman–Crippen LogP) is 4.08. The van der Waals surface area contributed by atoms with E-state index in [2.05, 4.69) is 11.8 Å². The summed E-state index contributed by atoms with van der Waals surface area (Å²) in [4.78, 5) is 12.9. The number of amides is 1. The summed E-state index contributed by atoms with van der Waals surface area (Å²) in [5, 5.41) is 8.99. The Hall–Kier alpha value is -2.13. The fraction of sp³-hybridized carbons (Fsp3) is 0.167. The first-order chi connectivity index (χ1) is 11.6. The van der Waals surface area contributed by atoms with Crippen LogP contribution < -0.4 is 10.2 Å². The third kappa shape index (κ3) is 5.20. The van der Waals surface area contributed by atoms with Crippen molar-refractivity contribution in [3.63, 3.8) is 0 Å². The Morgan fingerprint density at radius 3 is 2.50 bits per heavy atom. The summed E-state index contributed by atoms with van der Waals surface area (Å²) in [5.74, 6) is 5.79. The van der Waals surface area contributed by atoms with E-state index in [1.165, 1.54) is 11.8 Å². The van der Waals surface area contributed by atoms with Gasteiger partial charge in [0.05, 0.1) is 0 Å². The Morgan fingerprint density at radius 1 is 1.25 bits per heavy atom. The lowest BCUT2D eigenvalue weighted by Crippen LogP contribution is -2.24. The number of benzene rings is 2. The molecule has 0 heterocycles. The molecule has 0 radical (unpaired) electrons. The van der Waals surface area contributed by atoms with Crippen molar-refractivity contribution in [2.75, 3.05) is 6.61 Å². The number of rotatable bonds is 6. The second-order valence-corrected chi connectivity index (χ2v) is 6.33. The maximum atomic E-state index is 12.0. The van der Waals surface area contributed by atoms with Crippen molar-refractivity contribution in [2.24, 2.45) is 0 Å². The van der Waals surface area contributed by atoms with E-state index >= 15 is 0 Å². The number of thioether (sulfide) groups is 1. The normalized spacial score (nSPS) is 11.1. The Balaban J connectivity index is 2.12. The number of carbonyl (C=O) groups is 1. The molecule has 0 fully saturated rings. The van der Waals surface area contributed by atoms with Crippen LogP contribution in [0.1, 0.15) is 17.7 Å². The topological polar surface area (TPSA) is 58.6 Å². The van der Waals surface area contributed by atoms with Gasteiger partial charge in [-0.1, -0.05) is 29.7 Å². The summed E-state index contributed by atoms with van der Waals surface area (Å²) in [6.45, 7) is 2.09. The van der Waals surface area contributed by atoms with Gasteiger partial charge in [-0.25, -0.2) is 5.48 Å². The van der Waals surface area contributed by atoms with Crippen LogP contribution in [0.25, 0.3) is 0 Å². The van der Waals surface area contributed by atoms with Crippen LogP contribution in [0.4, 0.5) is 0 Å². The van der Waals surface area contributed by atoms with E-state index in [-0.39, 0.29) is 0 Å². The van der Waals surface area contributed by atoms with Crippen LogP contribution in [0.15, 0.2) is 53.4 Å². The fourth-order valence-electron chi connectivity index (χ4n) is 1.91. The van der Waals surface area contributed by atoms with Crippen LogP contribution in [-0.2, 0) is 4.79 Å². The summed E-state index contributed by atoms with van der Waals surface area (Å²) < 4.78 is 5.46. The van der Waals surface area contributed by atoms with Gasteiger partial charge in [0.15, 0.2) is 0 Å². The van der Waals surface area contributed by atoms with E-state index in [0.717, 1.165) is 10.5 Å². The molecule has 0 saturated heterocycles. The minimum atomic E-state index is -0.593. The van der Waals surface area contributed by atoms with Gasteiger partial charge in [-0.15, -0.1) is 17.7 Å². The molecular weight excluding hydrogens is 346 g/mol. The zero-order valence-electron chi connectivity index (χ0n) is 13.0. The Bertz CT molecular complexity index is 736. The van der Waals surface area contributed by atoms with Crippen molar-refractivity contribution in [1.82, 2.24) is 5.48 Å². The molecule has 2 N–H and O–H groups in total. The largest absolute Gasteiger partial charge is 0.481 e. The smallest absolute Gasteiger partial charge is 0.261 e. The van der Waals surface area contributed by atoms with Crippen molar-refractivity contribution in [1.29, 1.82) is 0 Å². The number of hydrogen-bond acceptors (Lipinski definition) is 4. The van der Waals surface area contributed by atoms with E-state index in [1.54, 1.807) is 36.7 Å². The van der Waals surface area contributed by atoms with Crippen molar-refractivity contribution in [3.8, 4) is 17.6 Å². The van der Waals surface area contributed by atoms with Gasteiger partial charge in [-0.3, -0.25) is 10.0 Å². The molecule has 24 heavy (non-hydrogen) atoms. The van der Waals surface area contributed by atoms with Gasteiger partial charge in [-0.05, 0) is 48.9 Å². The minimum Gasteiger partial charge on any atom is -0.481 e. The quantitative estimate of drug-likeness (QED) is 0.352. The summed E-state index contributed by atoms with van der Waals surface area (Å²) in [6.07, 6.45) is 0. The van der Waals surface area contributed by atoms with E-state index in [1.807, 2.05) is 24.3 Å². The number of carbonyl (C=O) groups excluding carboxylic acids is 1. The van der Waals surface area contributed by atoms with Crippen LogP contribution in [-0.4, -0.2) is 17.7 Å². The number of ether oxygens (including phenoxy) is 1.